The smallest absolute Gasteiger partial charge is 0.410 e. The lowest BCUT2D eigenvalue weighted by Gasteiger charge is -2.23. The summed E-state index contributed by atoms with van der Waals surface area (Å²) in [5.41, 5.74) is -0.0133. The largest absolute Gasteiger partial charge is 0.468 e. The third-order valence-electron chi connectivity index (χ3n) is 2.48. The van der Waals surface area contributed by atoms with E-state index in [1.165, 1.54) is 0 Å². The third kappa shape index (κ3) is 3.88. The molecule has 0 fully saturated rings. The van der Waals surface area contributed by atoms with Gasteiger partial charge in [-0.2, -0.15) is 0 Å². The predicted molar refractivity (Wildman–Crippen MR) is 73.5 cm³/mol. The molecule has 0 saturated heterocycles. The van der Waals surface area contributed by atoms with Crippen LogP contribution in [0.1, 0.15) is 27.2 Å². The Morgan fingerprint density at radius 2 is 2.10 bits per heavy atom. The van der Waals surface area contributed by atoms with Crippen LogP contribution in [-0.4, -0.2) is 23.8 Å². The van der Waals surface area contributed by atoms with Crippen molar-refractivity contribution >= 4 is 17.7 Å². The Balaban J connectivity index is 2.06. The highest BCUT2D eigenvalue weighted by Crippen LogP contribution is 2.27. The number of anilines is 1. The van der Waals surface area contributed by atoms with Crippen LogP contribution in [0.25, 0.3) is 0 Å². The van der Waals surface area contributed by atoms with Gasteiger partial charge in [-0.3, -0.25) is 10.1 Å². The fourth-order valence-electron chi connectivity index (χ4n) is 1.76. The quantitative estimate of drug-likeness (QED) is 0.826. The van der Waals surface area contributed by atoms with Crippen LogP contribution in [0.15, 0.2) is 24.3 Å². The normalized spacial score (nSPS) is 18.1. The first-order chi connectivity index (χ1) is 9.33. The minimum atomic E-state index is -0.756. The average Bonchev–Trinajstić information content (AvgIpc) is 2.43. The van der Waals surface area contributed by atoms with E-state index in [4.69, 9.17) is 9.47 Å². The van der Waals surface area contributed by atoms with Crippen molar-refractivity contribution in [1.29, 1.82) is 0 Å². The van der Waals surface area contributed by atoms with E-state index in [9.17, 15) is 9.59 Å². The summed E-state index contributed by atoms with van der Waals surface area (Å²) < 4.78 is 10.8. The molecule has 0 radical (unpaired) electrons. The summed E-state index contributed by atoms with van der Waals surface area (Å²) in [5.74, 6) is 0.287. The molecule has 6 heteroatoms. The second kappa shape index (κ2) is 5.40. The lowest BCUT2D eigenvalue weighted by molar-refractivity contribution is -0.117. The number of benzene rings is 1. The van der Waals surface area contributed by atoms with Gasteiger partial charge in [-0.05, 0) is 32.9 Å². The van der Waals surface area contributed by atoms with Crippen LogP contribution in [-0.2, 0) is 9.53 Å². The molecule has 1 aliphatic heterocycles. The molecule has 1 aromatic rings. The summed E-state index contributed by atoms with van der Waals surface area (Å²) in [4.78, 5) is 23.5. The molecule has 2 amide bonds. The number of carbonyl (C=O) groups is 2. The number of ether oxygens (including phenoxy) is 2. The van der Waals surface area contributed by atoms with E-state index in [0.29, 0.717) is 11.4 Å². The van der Waals surface area contributed by atoms with E-state index in [1.54, 1.807) is 45.0 Å². The number of para-hydroxylation sites is 2. The minimum Gasteiger partial charge on any atom is -0.468 e. The Hall–Kier alpha value is -2.24. The predicted octanol–water partition coefficient (Wildman–Crippen LogP) is 2.26. The van der Waals surface area contributed by atoms with Crippen LogP contribution < -0.4 is 15.4 Å². The molecule has 0 bridgehead atoms. The van der Waals surface area contributed by atoms with Crippen LogP contribution in [0.5, 0.6) is 5.75 Å². The maximum atomic E-state index is 11.7. The second-order valence-corrected chi connectivity index (χ2v) is 5.50. The number of rotatable bonds is 1. The molecule has 2 N–H and O–H groups in total. The van der Waals surface area contributed by atoms with Crippen molar-refractivity contribution in [2.75, 3.05) is 5.32 Å². The van der Waals surface area contributed by atoms with Gasteiger partial charge in [0.05, 0.1) is 12.1 Å². The van der Waals surface area contributed by atoms with E-state index < -0.39 is 17.9 Å². The second-order valence-electron chi connectivity index (χ2n) is 5.50. The molecule has 2 rings (SSSR count). The molecular weight excluding hydrogens is 260 g/mol. The fourth-order valence-corrected chi connectivity index (χ4v) is 1.76. The van der Waals surface area contributed by atoms with Crippen molar-refractivity contribution < 1.29 is 19.1 Å². The minimum absolute atomic E-state index is 0.0217. The molecule has 1 atom stereocenters. The van der Waals surface area contributed by atoms with Gasteiger partial charge in [0.1, 0.15) is 11.4 Å². The number of nitrogens with one attached hydrogen (secondary N) is 2. The van der Waals surface area contributed by atoms with E-state index in [2.05, 4.69) is 10.6 Å². The first kappa shape index (κ1) is 14.2. The van der Waals surface area contributed by atoms with Crippen LogP contribution in [0.4, 0.5) is 10.5 Å². The topological polar surface area (TPSA) is 76.7 Å². The van der Waals surface area contributed by atoms with Crippen LogP contribution in [0.3, 0.4) is 0 Å². The summed E-state index contributed by atoms with van der Waals surface area (Å²) in [7, 11) is 0. The van der Waals surface area contributed by atoms with Gasteiger partial charge in [-0.25, -0.2) is 4.79 Å². The number of hydrogen-bond donors (Lipinski definition) is 2. The average molecular weight is 278 g/mol. The van der Waals surface area contributed by atoms with Crippen molar-refractivity contribution in [2.24, 2.45) is 0 Å². The van der Waals surface area contributed by atoms with Gasteiger partial charge in [0.15, 0.2) is 6.23 Å². The van der Waals surface area contributed by atoms with Gasteiger partial charge >= 0.3 is 6.09 Å². The molecule has 6 nitrogen and oxygen atoms in total. The van der Waals surface area contributed by atoms with E-state index in [0.717, 1.165) is 0 Å². The Bertz CT molecular complexity index is 522. The van der Waals surface area contributed by atoms with Crippen LogP contribution >= 0.6 is 0 Å². The lowest BCUT2D eigenvalue weighted by atomic mass is 10.2. The zero-order valence-corrected chi connectivity index (χ0v) is 11.7. The van der Waals surface area contributed by atoms with E-state index in [-0.39, 0.29) is 12.3 Å². The van der Waals surface area contributed by atoms with Crippen molar-refractivity contribution in [3.8, 4) is 5.75 Å². The number of alkyl carbamates (subject to hydrolysis) is 1. The molecule has 1 heterocycles. The number of fused-ring (bicyclic) bond motifs is 1. The molecule has 108 valence electrons. The molecule has 1 unspecified atom stereocenters. The van der Waals surface area contributed by atoms with Crippen molar-refractivity contribution in [3.05, 3.63) is 24.3 Å². The van der Waals surface area contributed by atoms with E-state index >= 15 is 0 Å². The van der Waals surface area contributed by atoms with E-state index in [1.807, 2.05) is 0 Å². The summed E-state index contributed by atoms with van der Waals surface area (Å²) in [5, 5.41) is 5.26. The monoisotopic (exact) mass is 278 g/mol. The zero-order chi connectivity index (χ0) is 14.8. The Labute approximate surface area is 117 Å². The molecule has 0 saturated carbocycles. The van der Waals surface area contributed by atoms with Crippen molar-refractivity contribution in [1.82, 2.24) is 5.32 Å². The summed E-state index contributed by atoms with van der Waals surface area (Å²) in [6, 6.07) is 7.05. The van der Waals surface area contributed by atoms with Gasteiger partial charge in [0, 0.05) is 0 Å². The van der Waals surface area contributed by atoms with Gasteiger partial charge in [0.25, 0.3) is 0 Å². The molecular formula is C14H18N2O4. The summed E-state index contributed by atoms with van der Waals surface area (Å²) in [6.07, 6.45) is -1.35. The summed E-state index contributed by atoms with van der Waals surface area (Å²) in [6.45, 7) is 5.30. The van der Waals surface area contributed by atoms with Crippen molar-refractivity contribution in [3.63, 3.8) is 0 Å². The zero-order valence-electron chi connectivity index (χ0n) is 11.7. The van der Waals surface area contributed by atoms with Crippen LogP contribution in [0.2, 0.25) is 0 Å². The van der Waals surface area contributed by atoms with Gasteiger partial charge < -0.3 is 14.8 Å². The van der Waals surface area contributed by atoms with Gasteiger partial charge in [0.2, 0.25) is 5.91 Å². The number of hydrogen-bond acceptors (Lipinski definition) is 4. The van der Waals surface area contributed by atoms with Crippen LogP contribution in [0, 0.1) is 0 Å². The molecule has 20 heavy (non-hydrogen) atoms. The first-order valence-corrected chi connectivity index (χ1v) is 6.38. The summed E-state index contributed by atoms with van der Waals surface area (Å²) >= 11 is 0. The lowest BCUT2D eigenvalue weighted by Crippen LogP contribution is -2.43. The maximum Gasteiger partial charge on any atom is 0.410 e. The molecule has 1 aliphatic rings. The molecule has 0 aliphatic carbocycles. The first-order valence-electron chi connectivity index (χ1n) is 6.38. The standard InChI is InChI=1S/C14H18N2O4/c1-14(2,3)20-13(18)16-12-8-11(17)15-9-6-4-5-7-10(9)19-12/h4-7,12H,8H2,1-3H3,(H,15,17)(H,16,18). The maximum absolute atomic E-state index is 11.7. The SMILES string of the molecule is CC(C)(C)OC(=O)NC1CC(=O)Nc2ccccc2O1. The number of amides is 2. The molecule has 0 spiro atoms. The Morgan fingerprint density at radius 3 is 2.80 bits per heavy atom. The molecule has 1 aromatic carbocycles. The third-order valence-corrected chi connectivity index (χ3v) is 2.48. The van der Waals surface area contributed by atoms with Gasteiger partial charge in [-0.15, -0.1) is 0 Å². The highest BCUT2D eigenvalue weighted by atomic mass is 16.6. The van der Waals surface area contributed by atoms with Crippen molar-refractivity contribution in [2.45, 2.75) is 39.0 Å². The highest BCUT2D eigenvalue weighted by molar-refractivity contribution is 5.93. The molecule has 0 aromatic heterocycles. The Morgan fingerprint density at radius 1 is 1.40 bits per heavy atom. The Kier molecular flexibility index (Phi) is 3.83. The van der Waals surface area contributed by atoms with Gasteiger partial charge in [-0.1, -0.05) is 12.1 Å². The highest BCUT2D eigenvalue weighted by Gasteiger charge is 2.25. The number of carbonyl (C=O) groups excluding carboxylic acids is 2. The fraction of sp³-hybridized carbons (Fsp3) is 0.429.